The molecule has 6 rings (SSSR count). The number of hydrogen-bond donors (Lipinski definition) is 0. The van der Waals surface area contributed by atoms with E-state index in [1.807, 2.05) is 6.26 Å². The number of methoxy groups -OCH3 is 4. The van der Waals surface area contributed by atoms with Crippen LogP contribution in [0.3, 0.4) is 0 Å². The highest BCUT2D eigenvalue weighted by Gasteiger charge is 2.33. The molecule has 2 aromatic heterocycles. The molecule has 0 atom stereocenters. The minimum Gasteiger partial charge on any atom is -0.497 e. The molecule has 0 saturated carbocycles. The minimum absolute atomic E-state index is 0.163. The number of benzene rings is 2. The van der Waals surface area contributed by atoms with Crippen LogP contribution in [0.4, 0.5) is 32.6 Å². The van der Waals surface area contributed by atoms with Crippen LogP contribution in [0.25, 0.3) is 0 Å². The molecule has 2 aromatic carbocycles. The summed E-state index contributed by atoms with van der Waals surface area (Å²) in [7, 11) is 5.88. The molecule has 4 amide bonds. The lowest BCUT2D eigenvalue weighted by molar-refractivity contribution is 0.250. The summed E-state index contributed by atoms with van der Waals surface area (Å²) in [5.41, 5.74) is 2.79. The number of amides is 4. The average molecular weight is 725 g/mol. The van der Waals surface area contributed by atoms with E-state index in [9.17, 15) is 18.0 Å². The van der Waals surface area contributed by atoms with Crippen molar-refractivity contribution in [2.24, 2.45) is 0 Å². The van der Waals surface area contributed by atoms with E-state index >= 15 is 0 Å². The van der Waals surface area contributed by atoms with Gasteiger partial charge in [-0.25, -0.2) is 37.9 Å². The Balaban J connectivity index is 0.000000195. The van der Waals surface area contributed by atoms with Gasteiger partial charge < -0.3 is 18.9 Å². The summed E-state index contributed by atoms with van der Waals surface area (Å²) in [5.74, 6) is 3.26. The Labute approximate surface area is 293 Å². The minimum atomic E-state index is -3.57. The Morgan fingerprint density at radius 1 is 0.660 bits per heavy atom. The summed E-state index contributed by atoms with van der Waals surface area (Å²) >= 11 is 1.45. The van der Waals surface area contributed by atoms with Gasteiger partial charge in [-0.05, 0) is 6.26 Å². The van der Waals surface area contributed by atoms with Crippen molar-refractivity contribution in [1.29, 1.82) is 0 Å². The van der Waals surface area contributed by atoms with Gasteiger partial charge in [-0.3, -0.25) is 19.6 Å². The number of carbonyl (C=O) groups is 2. The average Bonchev–Trinajstić information content (AvgIpc) is 3.13. The lowest BCUT2D eigenvalue weighted by Gasteiger charge is -2.34. The predicted octanol–water partition coefficient (Wildman–Crippen LogP) is 4.27. The van der Waals surface area contributed by atoms with Crippen LogP contribution in [0.2, 0.25) is 0 Å². The normalized spacial score (nSPS) is 14.0. The van der Waals surface area contributed by atoms with Crippen LogP contribution in [0.5, 0.6) is 23.0 Å². The Morgan fingerprint density at radius 3 is 1.44 bits per heavy atom. The molecule has 16 nitrogen and oxygen atoms in total. The first kappa shape index (κ1) is 35.9. The summed E-state index contributed by atoms with van der Waals surface area (Å²) in [5, 5.41) is 0.331. The monoisotopic (exact) mass is 724 g/mol. The highest BCUT2D eigenvalue weighted by atomic mass is 32.2. The van der Waals surface area contributed by atoms with E-state index in [0.29, 0.717) is 57.5 Å². The van der Waals surface area contributed by atoms with Gasteiger partial charge >= 0.3 is 12.1 Å². The van der Waals surface area contributed by atoms with Gasteiger partial charge in [-0.1, -0.05) is 11.8 Å². The molecule has 264 valence electrons. The fourth-order valence-electron chi connectivity index (χ4n) is 5.16. The van der Waals surface area contributed by atoms with Crippen LogP contribution in [-0.2, 0) is 22.9 Å². The second kappa shape index (κ2) is 14.6. The van der Waals surface area contributed by atoms with Gasteiger partial charge in [-0.2, -0.15) is 0 Å². The molecule has 0 saturated heterocycles. The van der Waals surface area contributed by atoms with Gasteiger partial charge in [0.1, 0.15) is 34.6 Å². The zero-order valence-corrected chi connectivity index (χ0v) is 30.3. The molecule has 50 heavy (non-hydrogen) atoms. The quantitative estimate of drug-likeness (QED) is 0.187. The van der Waals surface area contributed by atoms with Gasteiger partial charge in [-0.15, -0.1) is 0 Å². The maximum atomic E-state index is 12.8. The third-order valence-electron chi connectivity index (χ3n) is 7.78. The van der Waals surface area contributed by atoms with Crippen molar-refractivity contribution in [3.63, 3.8) is 0 Å². The third kappa shape index (κ3) is 7.30. The fourth-order valence-corrected chi connectivity index (χ4v) is 6.00. The molecule has 0 aliphatic carbocycles. The van der Waals surface area contributed by atoms with Crippen LogP contribution in [-0.4, -0.2) is 95.5 Å². The van der Waals surface area contributed by atoms with Crippen LogP contribution in [0, 0.1) is 0 Å². The Kier molecular flexibility index (Phi) is 10.5. The molecular formula is C32H36N8O8S2. The van der Waals surface area contributed by atoms with Gasteiger partial charge in [0.25, 0.3) is 0 Å². The second-order valence-corrected chi connectivity index (χ2v) is 13.7. The largest absolute Gasteiger partial charge is 0.497 e. The van der Waals surface area contributed by atoms with Crippen LogP contribution in [0.15, 0.2) is 59.1 Å². The summed E-state index contributed by atoms with van der Waals surface area (Å²) < 4.78 is 44.4. The Hall–Kier alpha value is -5.36. The number of fused-ring (bicyclic) bond motifs is 2. The Morgan fingerprint density at radius 2 is 1.06 bits per heavy atom. The standard InChI is InChI=1S/C16H18N4O5S.C16H18N4O3S/c1-19-14-10(8-17-15(18-14)26(4,22)23)9-20(16(19)21)11-5-12(24-2)7-13(6-11)25-3;1-19-14-10(8-17-15(18-14)24-4)9-20(16(19)21)11-5-12(22-2)7-13(6-11)23-3/h5-8H,9H2,1-4H3;5-8H,9H2,1-4H3. The summed E-state index contributed by atoms with van der Waals surface area (Å²) in [6.45, 7) is 0.586. The molecule has 18 heteroatoms. The molecule has 0 unspecified atom stereocenters. The van der Waals surface area contributed by atoms with Crippen molar-refractivity contribution in [2.45, 2.75) is 23.4 Å². The topological polar surface area (TPSA) is 170 Å². The number of anilines is 4. The van der Waals surface area contributed by atoms with Gasteiger partial charge in [0.05, 0.1) is 52.9 Å². The molecule has 2 aliphatic rings. The molecule has 2 aliphatic heterocycles. The smallest absolute Gasteiger partial charge is 0.330 e. The summed E-state index contributed by atoms with van der Waals surface area (Å²) in [4.78, 5) is 48.3. The number of nitrogens with zero attached hydrogens (tertiary/aromatic N) is 8. The van der Waals surface area contributed by atoms with Crippen molar-refractivity contribution in [1.82, 2.24) is 19.9 Å². The number of thioether (sulfide) groups is 1. The van der Waals surface area contributed by atoms with Crippen LogP contribution >= 0.6 is 11.8 Å². The molecule has 4 aromatic rings. The zero-order chi connectivity index (χ0) is 36.3. The molecule has 0 N–H and O–H groups in total. The predicted molar refractivity (Wildman–Crippen MR) is 188 cm³/mol. The molecule has 0 radical (unpaired) electrons. The first-order chi connectivity index (χ1) is 23.8. The first-order valence-corrected chi connectivity index (χ1v) is 18.0. The van der Waals surface area contributed by atoms with Gasteiger partial charge in [0, 0.05) is 80.3 Å². The molecule has 0 bridgehead atoms. The van der Waals surface area contributed by atoms with Crippen LogP contribution in [0.1, 0.15) is 11.1 Å². The van der Waals surface area contributed by atoms with Crippen molar-refractivity contribution in [3.05, 3.63) is 59.9 Å². The number of ether oxygens (including phenoxy) is 4. The number of aromatic nitrogens is 4. The molecule has 4 heterocycles. The number of hydrogen-bond acceptors (Lipinski definition) is 13. The van der Waals surface area contributed by atoms with E-state index in [0.717, 1.165) is 11.8 Å². The second-order valence-electron chi connectivity index (χ2n) is 11.0. The first-order valence-electron chi connectivity index (χ1n) is 14.8. The lowest BCUT2D eigenvalue weighted by Crippen LogP contribution is -2.46. The van der Waals surface area contributed by atoms with Crippen molar-refractivity contribution in [2.75, 3.05) is 74.6 Å². The van der Waals surface area contributed by atoms with Gasteiger partial charge in [0.15, 0.2) is 5.16 Å². The van der Waals surface area contributed by atoms with Crippen molar-refractivity contribution < 1.29 is 37.0 Å². The highest BCUT2D eigenvalue weighted by molar-refractivity contribution is 7.98. The number of rotatable bonds is 8. The number of urea groups is 2. The molecule has 0 fully saturated rings. The third-order valence-corrected chi connectivity index (χ3v) is 9.20. The Bertz CT molecular complexity index is 2000. The van der Waals surface area contributed by atoms with E-state index in [1.54, 1.807) is 68.8 Å². The van der Waals surface area contributed by atoms with Crippen molar-refractivity contribution >= 4 is 56.7 Å². The maximum absolute atomic E-state index is 12.8. The number of carbonyl (C=O) groups excluding carboxylic acids is 2. The highest BCUT2D eigenvalue weighted by Crippen LogP contribution is 2.36. The number of sulfone groups is 1. The fraction of sp³-hybridized carbons (Fsp3) is 0.312. The maximum Gasteiger partial charge on any atom is 0.330 e. The van der Waals surface area contributed by atoms with Crippen molar-refractivity contribution in [3.8, 4) is 23.0 Å². The molecular weight excluding hydrogens is 689 g/mol. The lowest BCUT2D eigenvalue weighted by atomic mass is 10.2. The van der Waals surface area contributed by atoms with E-state index in [1.165, 1.54) is 53.9 Å². The summed E-state index contributed by atoms with van der Waals surface area (Å²) in [6.07, 6.45) is 6.11. The SMILES string of the molecule is COc1cc(OC)cc(N2Cc3cnc(S(C)(=O)=O)nc3N(C)C2=O)c1.COc1cc(OC)cc(N2Cc3cnc(SC)nc3N(C)C2=O)c1. The van der Waals surface area contributed by atoms with E-state index < -0.39 is 9.84 Å². The van der Waals surface area contributed by atoms with E-state index in [-0.39, 0.29) is 29.6 Å². The molecule has 0 spiro atoms. The van der Waals surface area contributed by atoms with E-state index in [2.05, 4.69) is 19.9 Å². The van der Waals surface area contributed by atoms with Gasteiger partial charge in [0.2, 0.25) is 15.0 Å². The van der Waals surface area contributed by atoms with E-state index in [4.69, 9.17) is 18.9 Å². The zero-order valence-electron chi connectivity index (χ0n) is 28.7. The summed E-state index contributed by atoms with van der Waals surface area (Å²) in [6, 6.07) is 9.98. The van der Waals surface area contributed by atoms with Crippen LogP contribution < -0.4 is 38.5 Å².